The molecule has 36 heavy (non-hydrogen) atoms. The van der Waals surface area contributed by atoms with Crippen molar-refractivity contribution in [2.45, 2.75) is 44.6 Å². The van der Waals surface area contributed by atoms with Gasteiger partial charge in [0.25, 0.3) is 0 Å². The fourth-order valence-corrected chi connectivity index (χ4v) is 5.89. The Bertz CT molecular complexity index is 1390. The lowest BCUT2D eigenvalue weighted by Crippen LogP contribution is -2.75. The Morgan fingerprint density at radius 3 is 2.64 bits per heavy atom. The second-order valence-corrected chi connectivity index (χ2v) is 9.35. The summed E-state index contributed by atoms with van der Waals surface area (Å²) in [7, 11) is 0. The topological polar surface area (TPSA) is 143 Å². The van der Waals surface area contributed by atoms with Gasteiger partial charge in [0.15, 0.2) is 17.1 Å². The third kappa shape index (κ3) is 2.75. The molecule has 1 aromatic heterocycles. The molecule has 0 aliphatic carbocycles. The van der Waals surface area contributed by atoms with E-state index in [1.54, 1.807) is 18.7 Å². The van der Waals surface area contributed by atoms with Crippen LogP contribution in [0.15, 0.2) is 10.6 Å². The van der Waals surface area contributed by atoms with Crippen LogP contribution in [0.5, 0.6) is 0 Å². The monoisotopic (exact) mass is 497 g/mol. The van der Waals surface area contributed by atoms with E-state index in [-0.39, 0.29) is 48.2 Å². The van der Waals surface area contributed by atoms with Crippen molar-refractivity contribution < 1.29 is 37.6 Å². The van der Waals surface area contributed by atoms with E-state index in [4.69, 9.17) is 20.4 Å². The van der Waals surface area contributed by atoms with Gasteiger partial charge in [-0.25, -0.2) is 18.9 Å². The van der Waals surface area contributed by atoms with E-state index in [1.165, 1.54) is 6.07 Å². The highest BCUT2D eigenvalue weighted by Gasteiger charge is 2.63. The van der Waals surface area contributed by atoms with Crippen LogP contribution in [0.1, 0.15) is 19.4 Å². The average Bonchev–Trinajstić information content (AvgIpc) is 3.39. The molecular formula is C23H20FN5O7. The maximum Gasteiger partial charge on any atom is 0.416 e. The Hall–Kier alpha value is -4.18. The van der Waals surface area contributed by atoms with E-state index in [1.807, 2.05) is 0 Å². The van der Waals surface area contributed by atoms with Crippen LogP contribution >= 0.6 is 0 Å². The van der Waals surface area contributed by atoms with Gasteiger partial charge in [-0.3, -0.25) is 20.2 Å². The highest BCUT2D eigenvalue weighted by molar-refractivity contribution is 6.20. The summed E-state index contributed by atoms with van der Waals surface area (Å²) in [6, 6.07) is -1.09. The first kappa shape index (κ1) is 22.3. The number of hydrogen-bond donors (Lipinski definition) is 2. The number of amides is 5. The number of ether oxygens (including phenoxy) is 2. The van der Waals surface area contributed by atoms with Crippen molar-refractivity contribution in [1.82, 2.24) is 15.8 Å². The van der Waals surface area contributed by atoms with Crippen LogP contribution in [0.4, 0.5) is 25.5 Å². The molecule has 12 nitrogen and oxygen atoms in total. The molecule has 2 N–H and O–H groups in total. The largest absolute Gasteiger partial charge is 0.446 e. The Labute approximate surface area is 203 Å². The summed E-state index contributed by atoms with van der Waals surface area (Å²) in [5.41, 5.74) is -1.57. The van der Waals surface area contributed by atoms with Crippen molar-refractivity contribution in [2.24, 2.45) is 5.41 Å². The van der Waals surface area contributed by atoms with Gasteiger partial charge in [0.1, 0.15) is 12.6 Å². The van der Waals surface area contributed by atoms with Gasteiger partial charge >= 0.3 is 12.1 Å². The molecule has 4 aliphatic heterocycles. The minimum absolute atomic E-state index is 0.0373. The van der Waals surface area contributed by atoms with Gasteiger partial charge in [-0.05, 0) is 25.5 Å². The number of rotatable bonds is 1. The minimum Gasteiger partial charge on any atom is -0.446 e. The summed E-state index contributed by atoms with van der Waals surface area (Å²) < 4.78 is 32.4. The van der Waals surface area contributed by atoms with Crippen molar-refractivity contribution in [2.75, 3.05) is 23.0 Å². The minimum atomic E-state index is -1.79. The molecule has 4 aliphatic rings. The molecule has 13 heteroatoms. The smallest absolute Gasteiger partial charge is 0.416 e. The first-order valence-corrected chi connectivity index (χ1v) is 11.3. The Morgan fingerprint density at radius 1 is 1.22 bits per heavy atom. The summed E-state index contributed by atoms with van der Waals surface area (Å²) in [5.74, 6) is 0.0224. The first-order chi connectivity index (χ1) is 17.2. The number of morpholine rings is 1. The van der Waals surface area contributed by atoms with Gasteiger partial charge in [0, 0.05) is 13.0 Å². The molecule has 5 amide bonds. The fourth-order valence-electron chi connectivity index (χ4n) is 5.89. The van der Waals surface area contributed by atoms with Crippen LogP contribution in [0.3, 0.4) is 0 Å². The molecule has 1 aromatic carbocycles. The molecule has 2 aromatic rings. The number of halogens is 1. The summed E-state index contributed by atoms with van der Waals surface area (Å²) >= 11 is 0. The van der Waals surface area contributed by atoms with Crippen molar-refractivity contribution in [1.29, 1.82) is 0 Å². The number of hydrogen-bond acceptors (Lipinski definition) is 9. The lowest BCUT2D eigenvalue weighted by molar-refractivity contribution is -0.153. The van der Waals surface area contributed by atoms with Gasteiger partial charge < -0.3 is 18.9 Å². The number of barbiturate groups is 1. The van der Waals surface area contributed by atoms with Crippen LogP contribution in [-0.4, -0.2) is 66.5 Å². The lowest BCUT2D eigenvalue weighted by atomic mass is 9.66. The molecule has 1 unspecified atom stereocenters. The number of anilines is 2. The molecular weight excluding hydrogens is 477 g/mol. The van der Waals surface area contributed by atoms with E-state index in [9.17, 15) is 19.2 Å². The number of terminal acetylenes is 1. The van der Waals surface area contributed by atoms with E-state index in [2.05, 4.69) is 21.7 Å². The van der Waals surface area contributed by atoms with Crippen LogP contribution < -0.4 is 20.4 Å². The van der Waals surface area contributed by atoms with Gasteiger partial charge in [-0.15, -0.1) is 6.42 Å². The van der Waals surface area contributed by atoms with E-state index < -0.39 is 53.4 Å². The Morgan fingerprint density at radius 2 is 1.94 bits per heavy atom. The highest BCUT2D eigenvalue weighted by atomic mass is 19.1. The molecule has 1 spiro atoms. The normalized spacial score (nSPS) is 28.9. The lowest BCUT2D eigenvalue weighted by Gasteiger charge is -2.55. The van der Waals surface area contributed by atoms with E-state index >= 15 is 4.39 Å². The summed E-state index contributed by atoms with van der Waals surface area (Å²) in [4.78, 5) is 53.5. The van der Waals surface area contributed by atoms with Crippen LogP contribution in [0.25, 0.3) is 11.0 Å². The maximum atomic E-state index is 16.1. The molecule has 4 atom stereocenters. The third-order valence-electron chi connectivity index (χ3n) is 7.24. The maximum absolute atomic E-state index is 16.1. The standard InChI is InChI=1S/C23H20FN5O7/c1-4-12-8-34-22(33)29(12)18-13-5-11-6-23(19(30)25-21(32)26-20(23)31)17-10(3)35-9(2)7-28(17)15(11)14(24)16(13)36-27-18/h1,5,9-10,12,17H,6-8H2,2-3H3,(H2,25,26,30,31,32)/t9-,10+,12?,17-/m1/s1. The summed E-state index contributed by atoms with van der Waals surface area (Å²) in [5, 5.41) is 8.39. The van der Waals surface area contributed by atoms with Crippen molar-refractivity contribution >= 4 is 46.4 Å². The number of aromatic nitrogens is 1. The van der Waals surface area contributed by atoms with Gasteiger partial charge in [0.05, 0.1) is 29.3 Å². The average molecular weight is 497 g/mol. The second kappa shape index (κ2) is 7.41. The molecule has 0 radical (unpaired) electrons. The van der Waals surface area contributed by atoms with E-state index in [0.717, 1.165) is 4.90 Å². The Kier molecular flexibility index (Phi) is 4.59. The molecule has 0 saturated carbocycles. The number of carbonyl (C=O) groups is 4. The Balaban J connectivity index is 1.58. The zero-order chi connectivity index (χ0) is 25.5. The second-order valence-electron chi connectivity index (χ2n) is 9.35. The fraction of sp³-hybridized carbons (Fsp3) is 0.435. The molecule has 0 bridgehead atoms. The van der Waals surface area contributed by atoms with E-state index in [0.29, 0.717) is 5.56 Å². The molecule has 5 heterocycles. The number of nitrogens with one attached hydrogen (secondary N) is 2. The van der Waals surface area contributed by atoms with Crippen molar-refractivity contribution in [3.8, 4) is 12.3 Å². The quantitative estimate of drug-likeness (QED) is 0.432. The zero-order valence-electron chi connectivity index (χ0n) is 19.2. The number of nitrogens with zero attached hydrogens (tertiary/aromatic N) is 3. The number of benzene rings is 1. The van der Waals surface area contributed by atoms with Crippen LogP contribution in [-0.2, 0) is 25.5 Å². The molecule has 3 fully saturated rings. The number of carbonyl (C=O) groups excluding carboxylic acids is 4. The molecule has 6 rings (SSSR count). The number of urea groups is 1. The van der Waals surface area contributed by atoms with Gasteiger partial charge in [0.2, 0.25) is 17.4 Å². The molecule has 186 valence electrons. The SMILES string of the molecule is C#CC1COC(=O)N1c1noc2c(F)c3c(cc12)CC1(C(=O)NC(=O)NC1=O)[C@H]1[C@H](C)O[C@H](C)CN31. The predicted octanol–water partition coefficient (Wildman–Crippen LogP) is 0.816. The predicted molar refractivity (Wildman–Crippen MR) is 119 cm³/mol. The number of imide groups is 2. The van der Waals surface area contributed by atoms with Crippen LogP contribution in [0, 0.1) is 23.6 Å². The van der Waals surface area contributed by atoms with Gasteiger partial charge in [-0.2, -0.15) is 0 Å². The van der Waals surface area contributed by atoms with Crippen molar-refractivity contribution in [3.05, 3.63) is 17.4 Å². The van der Waals surface area contributed by atoms with Crippen molar-refractivity contribution in [3.63, 3.8) is 0 Å². The summed E-state index contributed by atoms with van der Waals surface area (Å²) in [6.07, 6.45) is 3.50. The summed E-state index contributed by atoms with van der Waals surface area (Å²) in [6.45, 7) is 3.58. The zero-order valence-corrected chi connectivity index (χ0v) is 19.2. The first-order valence-electron chi connectivity index (χ1n) is 11.3. The third-order valence-corrected chi connectivity index (χ3v) is 7.24. The highest BCUT2D eigenvalue weighted by Crippen LogP contribution is 2.49. The van der Waals surface area contributed by atoms with Crippen LogP contribution in [0.2, 0.25) is 0 Å². The van der Waals surface area contributed by atoms with Gasteiger partial charge in [-0.1, -0.05) is 11.1 Å². The number of cyclic esters (lactones) is 1. The molecule has 3 saturated heterocycles. The number of fused-ring (bicyclic) bond motifs is 5.